The molecule has 106 valence electrons. The fourth-order valence-electron chi connectivity index (χ4n) is 1.79. The van der Waals surface area contributed by atoms with Gasteiger partial charge in [0.25, 0.3) is 5.91 Å². The van der Waals surface area contributed by atoms with Crippen LogP contribution >= 0.6 is 0 Å². The molecule has 0 aliphatic carbocycles. The molecule has 0 aliphatic heterocycles. The van der Waals surface area contributed by atoms with E-state index in [4.69, 9.17) is 0 Å². The van der Waals surface area contributed by atoms with E-state index in [9.17, 15) is 13.6 Å². The van der Waals surface area contributed by atoms with Gasteiger partial charge in [0.1, 0.15) is 17.3 Å². The lowest BCUT2D eigenvalue weighted by Crippen LogP contribution is -2.23. The highest BCUT2D eigenvalue weighted by atomic mass is 19.1. The molecule has 0 radical (unpaired) electrons. The molecule has 2 N–H and O–H groups in total. The van der Waals surface area contributed by atoms with E-state index in [1.165, 1.54) is 7.05 Å². The molecule has 0 fully saturated rings. The molecule has 1 heterocycles. The van der Waals surface area contributed by atoms with E-state index in [1.807, 2.05) is 0 Å². The molecule has 20 heavy (non-hydrogen) atoms. The first-order chi connectivity index (χ1) is 9.51. The van der Waals surface area contributed by atoms with Crippen LogP contribution in [0.15, 0.2) is 24.5 Å². The first kappa shape index (κ1) is 14.0. The molecule has 2 aromatic rings. The van der Waals surface area contributed by atoms with Crippen LogP contribution in [0.4, 0.5) is 14.5 Å². The van der Waals surface area contributed by atoms with Crippen molar-refractivity contribution in [2.75, 3.05) is 12.4 Å². The Balaban J connectivity index is 2.09. The number of nitrogens with zero attached hydrogens (tertiary/aromatic N) is 2. The highest BCUT2D eigenvalue weighted by Crippen LogP contribution is 2.20. The monoisotopic (exact) mass is 280 g/mol. The quantitative estimate of drug-likeness (QED) is 0.895. The van der Waals surface area contributed by atoms with Crippen LogP contribution in [0, 0.1) is 11.6 Å². The summed E-state index contributed by atoms with van der Waals surface area (Å²) < 4.78 is 28.7. The second-order valence-electron chi connectivity index (χ2n) is 4.27. The number of anilines is 1. The first-order valence-electron chi connectivity index (χ1n) is 5.93. The Morgan fingerprint density at radius 3 is 2.50 bits per heavy atom. The van der Waals surface area contributed by atoms with Gasteiger partial charge in [-0.25, -0.2) is 8.78 Å². The molecule has 2 rings (SSSR count). The molecule has 1 amide bonds. The van der Waals surface area contributed by atoms with Gasteiger partial charge in [0.05, 0.1) is 6.20 Å². The molecule has 5 nitrogen and oxygen atoms in total. The molecule has 1 aromatic carbocycles. The largest absolute Gasteiger partial charge is 0.383 e. The number of carbonyl (C=O) groups excluding carboxylic acids is 1. The average Bonchev–Trinajstić information content (AvgIpc) is 2.81. The summed E-state index contributed by atoms with van der Waals surface area (Å²) in [6.07, 6.45) is 3.34. The molecule has 1 aromatic heterocycles. The smallest absolute Gasteiger partial charge is 0.251 e. The predicted octanol–water partition coefficient (Wildman–Crippen LogP) is 1.67. The number of rotatable bonds is 4. The maximum absolute atomic E-state index is 13.5. The lowest BCUT2D eigenvalue weighted by atomic mass is 10.1. The van der Waals surface area contributed by atoms with Gasteiger partial charge in [-0.2, -0.15) is 5.10 Å². The summed E-state index contributed by atoms with van der Waals surface area (Å²) in [5.41, 5.74) is 0.477. The molecule has 0 saturated carbocycles. The van der Waals surface area contributed by atoms with Crippen LogP contribution in [0.2, 0.25) is 0 Å². The van der Waals surface area contributed by atoms with Gasteiger partial charge in [-0.05, 0) is 12.1 Å². The Hall–Kier alpha value is -2.44. The Labute approximate surface area is 114 Å². The SMILES string of the molecule is CNc1c(F)cc(C(=O)NCc2cnn(C)c2)cc1F. The van der Waals surface area contributed by atoms with Crippen molar-refractivity contribution in [2.24, 2.45) is 7.05 Å². The number of amides is 1. The van der Waals surface area contributed by atoms with Crippen molar-refractivity contribution in [1.29, 1.82) is 0 Å². The summed E-state index contributed by atoms with van der Waals surface area (Å²) in [6, 6.07) is 1.99. The molecule has 7 heteroatoms. The molecule has 0 bridgehead atoms. The highest BCUT2D eigenvalue weighted by molar-refractivity contribution is 5.94. The van der Waals surface area contributed by atoms with Crippen molar-refractivity contribution in [1.82, 2.24) is 15.1 Å². The van der Waals surface area contributed by atoms with Gasteiger partial charge in [-0.3, -0.25) is 9.48 Å². The number of carbonyl (C=O) groups is 1. The maximum Gasteiger partial charge on any atom is 0.251 e. The topological polar surface area (TPSA) is 59.0 Å². The molecular formula is C13H14F2N4O. The van der Waals surface area contributed by atoms with Gasteiger partial charge in [-0.15, -0.1) is 0 Å². The number of benzene rings is 1. The third-order valence-electron chi connectivity index (χ3n) is 2.77. The lowest BCUT2D eigenvalue weighted by Gasteiger charge is -2.08. The van der Waals surface area contributed by atoms with E-state index in [-0.39, 0.29) is 17.8 Å². The van der Waals surface area contributed by atoms with Crippen molar-refractivity contribution in [3.8, 4) is 0 Å². The number of nitrogens with one attached hydrogen (secondary N) is 2. The zero-order valence-electron chi connectivity index (χ0n) is 11.1. The minimum atomic E-state index is -0.806. The van der Waals surface area contributed by atoms with E-state index < -0.39 is 17.5 Å². The van der Waals surface area contributed by atoms with Crippen LogP contribution in [0.1, 0.15) is 15.9 Å². The standard InChI is InChI=1S/C13H14F2N4O/c1-16-12-10(14)3-9(4-11(12)15)13(20)17-5-8-6-18-19(2)7-8/h3-4,6-7,16H,5H2,1-2H3,(H,17,20). The van der Waals surface area contributed by atoms with Gasteiger partial charge in [0, 0.05) is 38.0 Å². The summed E-state index contributed by atoms with van der Waals surface area (Å²) in [5.74, 6) is -2.16. The lowest BCUT2D eigenvalue weighted by molar-refractivity contribution is 0.0950. The van der Waals surface area contributed by atoms with Crippen LogP contribution in [-0.2, 0) is 13.6 Å². The molecule has 0 spiro atoms. The molecule has 0 unspecified atom stereocenters. The Kier molecular flexibility index (Phi) is 3.97. The molecule has 0 atom stereocenters. The van der Waals surface area contributed by atoms with E-state index >= 15 is 0 Å². The Bertz CT molecular complexity index is 616. The second kappa shape index (κ2) is 5.68. The molecular weight excluding hydrogens is 266 g/mol. The number of aromatic nitrogens is 2. The fraction of sp³-hybridized carbons (Fsp3) is 0.231. The molecule has 0 aliphatic rings. The van der Waals surface area contributed by atoms with Crippen molar-refractivity contribution in [3.63, 3.8) is 0 Å². The number of hydrogen-bond acceptors (Lipinski definition) is 3. The van der Waals surface area contributed by atoms with Crippen LogP contribution < -0.4 is 10.6 Å². The van der Waals surface area contributed by atoms with Gasteiger partial charge in [0.15, 0.2) is 0 Å². The zero-order valence-corrected chi connectivity index (χ0v) is 11.1. The second-order valence-corrected chi connectivity index (χ2v) is 4.27. The van der Waals surface area contributed by atoms with E-state index in [1.54, 1.807) is 24.1 Å². The van der Waals surface area contributed by atoms with Gasteiger partial charge < -0.3 is 10.6 Å². The fourth-order valence-corrected chi connectivity index (χ4v) is 1.79. The summed E-state index contributed by atoms with van der Waals surface area (Å²) >= 11 is 0. The zero-order chi connectivity index (χ0) is 14.7. The predicted molar refractivity (Wildman–Crippen MR) is 70.3 cm³/mol. The minimum Gasteiger partial charge on any atom is -0.383 e. The van der Waals surface area contributed by atoms with Crippen molar-refractivity contribution >= 4 is 11.6 Å². The number of aryl methyl sites for hydroxylation is 1. The normalized spacial score (nSPS) is 10.4. The van der Waals surface area contributed by atoms with Crippen LogP contribution in [0.5, 0.6) is 0 Å². The molecule has 0 saturated heterocycles. The summed E-state index contributed by atoms with van der Waals surface area (Å²) in [6.45, 7) is 0.240. The van der Waals surface area contributed by atoms with E-state index in [0.29, 0.717) is 0 Å². The minimum absolute atomic E-state index is 0.0668. The first-order valence-corrected chi connectivity index (χ1v) is 5.93. The Morgan fingerprint density at radius 1 is 1.35 bits per heavy atom. The van der Waals surface area contributed by atoms with Crippen molar-refractivity contribution in [2.45, 2.75) is 6.54 Å². The highest BCUT2D eigenvalue weighted by Gasteiger charge is 2.14. The third-order valence-corrected chi connectivity index (χ3v) is 2.77. The number of halogens is 2. The van der Waals surface area contributed by atoms with Gasteiger partial charge in [-0.1, -0.05) is 0 Å². The third kappa shape index (κ3) is 2.93. The number of hydrogen-bond donors (Lipinski definition) is 2. The van der Waals surface area contributed by atoms with Gasteiger partial charge >= 0.3 is 0 Å². The van der Waals surface area contributed by atoms with Gasteiger partial charge in [0.2, 0.25) is 0 Å². The van der Waals surface area contributed by atoms with E-state index in [0.717, 1.165) is 17.7 Å². The van der Waals surface area contributed by atoms with Crippen molar-refractivity contribution < 1.29 is 13.6 Å². The summed E-state index contributed by atoms with van der Waals surface area (Å²) in [7, 11) is 3.16. The van der Waals surface area contributed by atoms with E-state index in [2.05, 4.69) is 15.7 Å². The van der Waals surface area contributed by atoms with Crippen LogP contribution in [0.25, 0.3) is 0 Å². The van der Waals surface area contributed by atoms with Crippen LogP contribution in [-0.4, -0.2) is 22.7 Å². The summed E-state index contributed by atoms with van der Waals surface area (Å²) in [4.78, 5) is 11.8. The average molecular weight is 280 g/mol. The van der Waals surface area contributed by atoms with Crippen molar-refractivity contribution in [3.05, 3.63) is 47.3 Å². The Morgan fingerprint density at radius 2 is 2.00 bits per heavy atom. The van der Waals surface area contributed by atoms with Crippen LogP contribution in [0.3, 0.4) is 0 Å². The maximum atomic E-state index is 13.5. The summed E-state index contributed by atoms with van der Waals surface area (Å²) in [5, 5.41) is 8.93.